The van der Waals surface area contributed by atoms with Crippen LogP contribution in [-0.4, -0.2) is 58.0 Å². The second-order valence-corrected chi connectivity index (χ2v) is 6.03. The summed E-state index contributed by atoms with van der Waals surface area (Å²) in [6, 6.07) is 5.98. The fourth-order valence-corrected chi connectivity index (χ4v) is 3.15. The Morgan fingerprint density at radius 2 is 1.93 bits per heavy atom. The van der Waals surface area contributed by atoms with E-state index in [2.05, 4.69) is 20.2 Å². The van der Waals surface area contributed by atoms with Gasteiger partial charge in [0.15, 0.2) is 17.2 Å². The number of fused-ring (bicyclic) bond motifs is 1. The molecule has 4 rings (SSSR count). The van der Waals surface area contributed by atoms with Crippen LogP contribution in [0.3, 0.4) is 0 Å². The number of methoxy groups -OCH3 is 1. The summed E-state index contributed by atoms with van der Waals surface area (Å²) in [5.74, 6) is 0.00363. The van der Waals surface area contributed by atoms with E-state index in [4.69, 9.17) is 4.74 Å². The third kappa shape index (κ3) is 3.07. The highest BCUT2D eigenvalue weighted by molar-refractivity contribution is 5.67. The number of ether oxygens (including phenoxy) is 1. The molecule has 27 heavy (non-hydrogen) atoms. The molecule has 0 saturated carbocycles. The van der Waals surface area contributed by atoms with Gasteiger partial charge in [0.05, 0.1) is 18.1 Å². The Labute approximate surface area is 152 Å². The van der Waals surface area contributed by atoms with E-state index >= 15 is 0 Å². The van der Waals surface area contributed by atoms with Crippen molar-refractivity contribution in [2.45, 2.75) is 0 Å². The second-order valence-electron chi connectivity index (χ2n) is 6.03. The van der Waals surface area contributed by atoms with E-state index < -0.39 is 10.7 Å². The molecule has 1 aliphatic rings. The number of nitrogens with zero attached hydrogens (tertiary/aromatic N) is 7. The third-order valence-electron chi connectivity index (χ3n) is 4.54. The lowest BCUT2D eigenvalue weighted by Crippen LogP contribution is -2.47. The van der Waals surface area contributed by atoms with Crippen LogP contribution in [0.15, 0.2) is 30.6 Å². The highest BCUT2D eigenvalue weighted by atomic mass is 19.1. The maximum atomic E-state index is 13.9. The number of benzene rings is 1. The Morgan fingerprint density at radius 3 is 2.63 bits per heavy atom. The molecule has 0 radical (unpaired) electrons. The molecule has 2 aromatic heterocycles. The first-order valence-electron chi connectivity index (χ1n) is 8.25. The van der Waals surface area contributed by atoms with Gasteiger partial charge in [0.25, 0.3) is 5.69 Å². The molecule has 140 valence electrons. The Kier molecular flexibility index (Phi) is 4.18. The fourth-order valence-electron chi connectivity index (χ4n) is 3.15. The molecule has 0 unspecified atom stereocenters. The van der Waals surface area contributed by atoms with Crippen molar-refractivity contribution in [3.63, 3.8) is 0 Å². The van der Waals surface area contributed by atoms with Gasteiger partial charge in [0.2, 0.25) is 0 Å². The molecule has 10 nitrogen and oxygen atoms in total. The van der Waals surface area contributed by atoms with Crippen LogP contribution in [-0.2, 0) is 0 Å². The van der Waals surface area contributed by atoms with Crippen LogP contribution in [0.1, 0.15) is 0 Å². The molecule has 0 spiro atoms. The number of nitro benzene ring substituents is 1. The zero-order valence-corrected chi connectivity index (χ0v) is 14.4. The van der Waals surface area contributed by atoms with Crippen LogP contribution >= 0.6 is 0 Å². The topological polar surface area (TPSA) is 102 Å². The van der Waals surface area contributed by atoms with Gasteiger partial charge in [0, 0.05) is 32.2 Å². The Balaban J connectivity index is 1.56. The van der Waals surface area contributed by atoms with Gasteiger partial charge in [0.1, 0.15) is 17.8 Å². The quantitative estimate of drug-likeness (QED) is 0.501. The Morgan fingerprint density at radius 1 is 1.19 bits per heavy atom. The molecular formula is C16H16FN7O3. The van der Waals surface area contributed by atoms with Crippen LogP contribution in [0.2, 0.25) is 0 Å². The van der Waals surface area contributed by atoms with E-state index in [9.17, 15) is 14.5 Å². The number of hydrogen-bond acceptors (Lipinski definition) is 8. The SMILES string of the molecule is COc1cc(N2CCN(c3ccc4nncn4n3)CC2)c([N+](=O)[O-])cc1F. The molecular weight excluding hydrogens is 357 g/mol. The zero-order valence-electron chi connectivity index (χ0n) is 14.4. The van der Waals surface area contributed by atoms with E-state index in [0.717, 1.165) is 11.9 Å². The van der Waals surface area contributed by atoms with Crippen molar-refractivity contribution in [1.82, 2.24) is 19.8 Å². The van der Waals surface area contributed by atoms with Gasteiger partial charge in [-0.25, -0.2) is 4.39 Å². The lowest BCUT2D eigenvalue weighted by atomic mass is 10.2. The van der Waals surface area contributed by atoms with Gasteiger partial charge in [-0.15, -0.1) is 15.3 Å². The van der Waals surface area contributed by atoms with Crippen molar-refractivity contribution >= 4 is 22.8 Å². The first-order valence-corrected chi connectivity index (χ1v) is 8.25. The van der Waals surface area contributed by atoms with Crippen molar-refractivity contribution in [3.8, 4) is 5.75 Å². The lowest BCUT2D eigenvalue weighted by Gasteiger charge is -2.36. The van der Waals surface area contributed by atoms with Crippen molar-refractivity contribution in [3.05, 3.63) is 46.5 Å². The summed E-state index contributed by atoms with van der Waals surface area (Å²) in [6.45, 7) is 2.27. The van der Waals surface area contributed by atoms with E-state index in [0.29, 0.717) is 37.5 Å². The Bertz CT molecular complexity index is 1000. The number of nitro groups is 1. The molecule has 1 aliphatic heterocycles. The van der Waals surface area contributed by atoms with Crippen LogP contribution < -0.4 is 14.5 Å². The van der Waals surface area contributed by atoms with Gasteiger partial charge in [-0.3, -0.25) is 10.1 Å². The van der Waals surface area contributed by atoms with Gasteiger partial charge >= 0.3 is 0 Å². The molecule has 0 N–H and O–H groups in total. The molecule has 1 aromatic carbocycles. The summed E-state index contributed by atoms with van der Waals surface area (Å²) in [5, 5.41) is 23.5. The number of hydrogen-bond donors (Lipinski definition) is 0. The molecule has 0 bridgehead atoms. The van der Waals surface area contributed by atoms with E-state index in [1.807, 2.05) is 17.0 Å². The van der Waals surface area contributed by atoms with E-state index in [-0.39, 0.29) is 11.4 Å². The lowest BCUT2D eigenvalue weighted by molar-refractivity contribution is -0.384. The molecule has 0 atom stereocenters. The molecule has 11 heteroatoms. The first-order chi connectivity index (χ1) is 13.1. The summed E-state index contributed by atoms with van der Waals surface area (Å²) in [7, 11) is 1.33. The highest BCUT2D eigenvalue weighted by Crippen LogP contribution is 2.35. The maximum Gasteiger partial charge on any atom is 0.295 e. The maximum absolute atomic E-state index is 13.9. The van der Waals surface area contributed by atoms with E-state index in [1.54, 1.807) is 4.52 Å². The average molecular weight is 373 g/mol. The smallest absolute Gasteiger partial charge is 0.295 e. The van der Waals surface area contributed by atoms with Crippen molar-refractivity contribution in [2.24, 2.45) is 0 Å². The molecule has 3 heterocycles. The minimum absolute atomic E-state index is 0.0160. The van der Waals surface area contributed by atoms with Crippen LogP contribution in [0, 0.1) is 15.9 Å². The number of piperazine rings is 1. The van der Waals surface area contributed by atoms with Crippen molar-refractivity contribution in [2.75, 3.05) is 43.1 Å². The molecule has 1 saturated heterocycles. The number of halogens is 1. The minimum Gasteiger partial charge on any atom is -0.494 e. The van der Waals surface area contributed by atoms with E-state index in [1.165, 1.54) is 19.5 Å². The second kappa shape index (κ2) is 6.67. The van der Waals surface area contributed by atoms with Gasteiger partial charge in [-0.05, 0) is 12.1 Å². The predicted octanol–water partition coefficient (Wildman–Crippen LogP) is 1.51. The Hall–Kier alpha value is -3.50. The summed E-state index contributed by atoms with van der Waals surface area (Å²) < 4.78 is 20.4. The standard InChI is InChI=1S/C16H16FN7O3/c1-27-14-9-12(13(24(25)26)8-11(14)17)21-4-6-22(7-5-21)16-3-2-15-19-18-10-23(15)20-16/h2-3,8-10H,4-7H2,1H3. The number of rotatable bonds is 4. The number of aromatic nitrogens is 4. The zero-order chi connectivity index (χ0) is 19.0. The van der Waals surface area contributed by atoms with Crippen LogP contribution in [0.4, 0.5) is 21.6 Å². The first kappa shape index (κ1) is 16.9. The predicted molar refractivity (Wildman–Crippen MR) is 94.8 cm³/mol. The molecule has 0 aliphatic carbocycles. The summed E-state index contributed by atoms with van der Waals surface area (Å²) in [4.78, 5) is 14.7. The highest BCUT2D eigenvalue weighted by Gasteiger charge is 2.27. The fraction of sp³-hybridized carbons (Fsp3) is 0.312. The monoisotopic (exact) mass is 373 g/mol. The average Bonchev–Trinajstić information content (AvgIpc) is 3.15. The summed E-state index contributed by atoms with van der Waals surface area (Å²) in [6.07, 6.45) is 1.53. The molecule has 3 aromatic rings. The minimum atomic E-state index is -0.752. The van der Waals surface area contributed by atoms with Crippen LogP contribution in [0.5, 0.6) is 5.75 Å². The van der Waals surface area contributed by atoms with Crippen molar-refractivity contribution < 1.29 is 14.1 Å². The molecule has 0 amide bonds. The largest absolute Gasteiger partial charge is 0.494 e. The van der Waals surface area contributed by atoms with Crippen LogP contribution in [0.25, 0.3) is 5.65 Å². The molecule has 1 fully saturated rings. The normalized spacial score (nSPS) is 14.6. The van der Waals surface area contributed by atoms with Gasteiger partial charge < -0.3 is 14.5 Å². The number of anilines is 2. The summed E-state index contributed by atoms with van der Waals surface area (Å²) in [5.41, 5.74) is 0.734. The van der Waals surface area contributed by atoms with Gasteiger partial charge in [-0.1, -0.05) is 0 Å². The van der Waals surface area contributed by atoms with Crippen molar-refractivity contribution in [1.29, 1.82) is 0 Å². The summed E-state index contributed by atoms with van der Waals surface area (Å²) >= 11 is 0. The van der Waals surface area contributed by atoms with Gasteiger partial charge in [-0.2, -0.15) is 4.52 Å². The third-order valence-corrected chi connectivity index (χ3v) is 4.54.